The minimum absolute atomic E-state index is 0.0747. The topological polar surface area (TPSA) is 104 Å². The molecule has 2 heterocycles. The summed E-state index contributed by atoms with van der Waals surface area (Å²) in [6, 6.07) is 17.4. The Bertz CT molecular complexity index is 1610. The molecule has 1 aliphatic heterocycles. The first kappa shape index (κ1) is 27.3. The number of nitrogens with zero attached hydrogens (tertiary/aromatic N) is 4. The van der Waals surface area contributed by atoms with Gasteiger partial charge in [-0.1, -0.05) is 45.9 Å². The minimum Gasteiger partial charge on any atom is -0.368 e. The number of nitrogens with two attached hydrogens (primary N) is 1. The zero-order valence-electron chi connectivity index (χ0n) is 23.8. The lowest BCUT2D eigenvalue weighted by Crippen LogP contribution is -2.41. The molecule has 0 saturated carbocycles. The summed E-state index contributed by atoms with van der Waals surface area (Å²) >= 11 is 0. The van der Waals surface area contributed by atoms with E-state index in [2.05, 4.69) is 47.9 Å². The van der Waals surface area contributed by atoms with Crippen LogP contribution in [-0.2, 0) is 10.2 Å². The fourth-order valence-electron chi connectivity index (χ4n) is 5.41. The van der Waals surface area contributed by atoms with Gasteiger partial charge in [0.1, 0.15) is 0 Å². The molecule has 0 fully saturated rings. The average Bonchev–Trinajstić information content (AvgIpc) is 3.21. The van der Waals surface area contributed by atoms with E-state index in [4.69, 9.17) is 5.73 Å². The average molecular weight is 537 g/mol. The van der Waals surface area contributed by atoms with Crippen LogP contribution in [0.2, 0.25) is 0 Å². The maximum absolute atomic E-state index is 13.4. The van der Waals surface area contributed by atoms with Crippen molar-refractivity contribution in [2.24, 2.45) is 0 Å². The molecular formula is C32H36N6O2. The summed E-state index contributed by atoms with van der Waals surface area (Å²) < 4.78 is 0. The molecule has 0 aliphatic carbocycles. The Kier molecular flexibility index (Phi) is 7.29. The van der Waals surface area contributed by atoms with Crippen molar-refractivity contribution in [3.05, 3.63) is 77.5 Å². The Hall–Kier alpha value is -4.30. The number of anilines is 3. The number of hydrogen-bond donors (Lipinski definition) is 2. The summed E-state index contributed by atoms with van der Waals surface area (Å²) in [4.78, 5) is 39.0. The lowest BCUT2D eigenvalue weighted by molar-refractivity contribution is -0.119. The van der Waals surface area contributed by atoms with Crippen molar-refractivity contribution >= 4 is 40.0 Å². The Morgan fingerprint density at radius 3 is 2.58 bits per heavy atom. The van der Waals surface area contributed by atoms with E-state index in [0.29, 0.717) is 24.3 Å². The van der Waals surface area contributed by atoms with E-state index in [9.17, 15) is 9.59 Å². The Labute approximate surface area is 235 Å². The number of carbonyl (C=O) groups is 2. The van der Waals surface area contributed by atoms with Gasteiger partial charge in [0.05, 0.1) is 12.1 Å². The highest BCUT2D eigenvalue weighted by molar-refractivity contribution is 6.06. The second kappa shape index (κ2) is 10.7. The summed E-state index contributed by atoms with van der Waals surface area (Å²) in [5.41, 5.74) is 12.5. The fraction of sp³-hybridized carbons (Fsp3) is 0.312. The van der Waals surface area contributed by atoms with Crippen molar-refractivity contribution < 1.29 is 9.59 Å². The first-order valence-corrected chi connectivity index (χ1v) is 13.7. The van der Waals surface area contributed by atoms with Gasteiger partial charge in [0.25, 0.3) is 5.91 Å². The number of aryl methyl sites for hydroxylation is 1. The van der Waals surface area contributed by atoms with E-state index in [-0.39, 0.29) is 23.2 Å². The maximum atomic E-state index is 13.4. The van der Waals surface area contributed by atoms with Crippen LogP contribution in [0.1, 0.15) is 49.2 Å². The number of likely N-dealkylation sites (N-methyl/N-ethyl adjacent to an activating group) is 1. The molecule has 0 spiro atoms. The third-order valence-electron chi connectivity index (χ3n) is 7.79. The van der Waals surface area contributed by atoms with Crippen LogP contribution in [0.25, 0.3) is 22.0 Å². The standard InChI is InChI=1S/C32H36N6O2/c1-6-37(7-2)18-29(39)38-19-32(4,5)26-12-11-24(16-28(26)38)35-30(40)22-9-8-20(3)25(15-22)21-10-13-27-23(14-21)17-34-31(33)36-27/h8-17H,6-7,18-19H2,1-5H3,(H,35,40)(H2,33,34,36). The summed E-state index contributed by atoms with van der Waals surface area (Å²) in [6.45, 7) is 13.1. The van der Waals surface area contributed by atoms with Gasteiger partial charge < -0.3 is 16.0 Å². The predicted octanol–water partition coefficient (Wildman–Crippen LogP) is 5.41. The number of hydrogen-bond acceptors (Lipinski definition) is 6. The lowest BCUT2D eigenvalue weighted by atomic mass is 9.87. The molecule has 0 radical (unpaired) electrons. The normalized spacial score (nSPS) is 14.0. The molecule has 8 heteroatoms. The second-order valence-electron chi connectivity index (χ2n) is 11.0. The molecule has 40 heavy (non-hydrogen) atoms. The molecule has 206 valence electrons. The number of nitrogens with one attached hydrogen (secondary N) is 1. The van der Waals surface area contributed by atoms with Crippen LogP contribution in [0.4, 0.5) is 17.3 Å². The molecule has 0 bridgehead atoms. The van der Waals surface area contributed by atoms with Crippen molar-refractivity contribution in [1.82, 2.24) is 14.9 Å². The van der Waals surface area contributed by atoms with Crippen LogP contribution in [0.3, 0.4) is 0 Å². The van der Waals surface area contributed by atoms with Gasteiger partial charge in [0.15, 0.2) is 0 Å². The Morgan fingerprint density at radius 2 is 1.82 bits per heavy atom. The molecule has 0 saturated heterocycles. The number of carbonyl (C=O) groups excluding carboxylic acids is 2. The van der Waals surface area contributed by atoms with Crippen molar-refractivity contribution in [3.8, 4) is 11.1 Å². The number of benzene rings is 3. The van der Waals surface area contributed by atoms with Crippen molar-refractivity contribution in [2.75, 3.05) is 42.1 Å². The van der Waals surface area contributed by atoms with Crippen LogP contribution in [0.5, 0.6) is 0 Å². The summed E-state index contributed by atoms with van der Waals surface area (Å²) in [7, 11) is 0. The zero-order chi connectivity index (χ0) is 28.6. The van der Waals surface area contributed by atoms with E-state index in [1.807, 2.05) is 66.4 Å². The van der Waals surface area contributed by atoms with Gasteiger partial charge in [-0.25, -0.2) is 9.97 Å². The third kappa shape index (κ3) is 5.27. The van der Waals surface area contributed by atoms with E-state index in [1.165, 1.54) is 0 Å². The molecule has 0 atom stereocenters. The first-order chi connectivity index (χ1) is 19.1. The molecular weight excluding hydrogens is 500 g/mol. The predicted molar refractivity (Wildman–Crippen MR) is 162 cm³/mol. The van der Waals surface area contributed by atoms with Gasteiger partial charge in [-0.3, -0.25) is 14.5 Å². The van der Waals surface area contributed by atoms with Crippen LogP contribution < -0.4 is 16.0 Å². The monoisotopic (exact) mass is 536 g/mol. The number of amides is 2. The number of fused-ring (bicyclic) bond motifs is 2. The summed E-state index contributed by atoms with van der Waals surface area (Å²) in [5, 5.41) is 3.93. The fourth-order valence-corrected chi connectivity index (χ4v) is 5.41. The lowest BCUT2D eigenvalue weighted by Gasteiger charge is -2.24. The van der Waals surface area contributed by atoms with Crippen molar-refractivity contribution in [2.45, 2.75) is 40.0 Å². The van der Waals surface area contributed by atoms with Crippen LogP contribution in [-0.4, -0.2) is 52.9 Å². The number of nitrogen functional groups attached to an aromatic ring is 1. The molecule has 1 aromatic heterocycles. The van der Waals surface area contributed by atoms with Crippen LogP contribution >= 0.6 is 0 Å². The molecule has 3 aromatic carbocycles. The van der Waals surface area contributed by atoms with E-state index in [0.717, 1.165) is 51.9 Å². The number of rotatable bonds is 7. The highest BCUT2D eigenvalue weighted by Gasteiger charge is 2.38. The van der Waals surface area contributed by atoms with Gasteiger partial charge in [0, 0.05) is 40.5 Å². The van der Waals surface area contributed by atoms with E-state index >= 15 is 0 Å². The van der Waals surface area contributed by atoms with Crippen molar-refractivity contribution in [3.63, 3.8) is 0 Å². The van der Waals surface area contributed by atoms with Gasteiger partial charge in [0.2, 0.25) is 11.9 Å². The summed E-state index contributed by atoms with van der Waals surface area (Å²) in [6.07, 6.45) is 1.71. The van der Waals surface area contributed by atoms with Gasteiger partial charge >= 0.3 is 0 Å². The van der Waals surface area contributed by atoms with E-state index < -0.39 is 0 Å². The molecule has 2 amide bonds. The molecule has 5 rings (SSSR count). The number of aromatic nitrogens is 2. The minimum atomic E-state index is -0.212. The van der Waals surface area contributed by atoms with Gasteiger partial charge in [-0.2, -0.15) is 0 Å². The summed E-state index contributed by atoms with van der Waals surface area (Å²) in [5.74, 6) is 0.101. The molecule has 1 aliphatic rings. The smallest absolute Gasteiger partial charge is 0.255 e. The zero-order valence-corrected chi connectivity index (χ0v) is 23.8. The molecule has 8 nitrogen and oxygen atoms in total. The quantitative estimate of drug-likeness (QED) is 0.328. The van der Waals surface area contributed by atoms with E-state index in [1.54, 1.807) is 6.20 Å². The largest absolute Gasteiger partial charge is 0.368 e. The molecule has 0 unspecified atom stereocenters. The second-order valence-corrected chi connectivity index (χ2v) is 11.0. The van der Waals surface area contributed by atoms with Gasteiger partial charge in [-0.05, 0) is 78.7 Å². The molecule has 4 aromatic rings. The molecule has 3 N–H and O–H groups in total. The first-order valence-electron chi connectivity index (χ1n) is 13.7. The highest BCUT2D eigenvalue weighted by Crippen LogP contribution is 2.42. The van der Waals surface area contributed by atoms with Crippen molar-refractivity contribution in [1.29, 1.82) is 0 Å². The van der Waals surface area contributed by atoms with Crippen LogP contribution in [0, 0.1) is 6.92 Å². The SMILES string of the molecule is CCN(CC)CC(=O)N1CC(C)(C)c2ccc(NC(=O)c3ccc(C)c(-c4ccc5nc(N)ncc5c4)c3)cc21. The highest BCUT2D eigenvalue weighted by atomic mass is 16.2. The Balaban J connectivity index is 1.41. The van der Waals surface area contributed by atoms with Gasteiger partial charge in [-0.15, -0.1) is 0 Å². The third-order valence-corrected chi connectivity index (χ3v) is 7.79. The maximum Gasteiger partial charge on any atom is 0.255 e. The Morgan fingerprint density at radius 1 is 1.05 bits per heavy atom. The van der Waals surface area contributed by atoms with Crippen LogP contribution in [0.15, 0.2) is 60.8 Å².